The Kier molecular flexibility index (Phi) is 11.8. The fourth-order valence-electron chi connectivity index (χ4n) is 2.49. The van der Waals surface area contributed by atoms with Crippen LogP contribution in [-0.2, 0) is 9.53 Å². The van der Waals surface area contributed by atoms with E-state index in [2.05, 4.69) is 36.6 Å². The van der Waals surface area contributed by atoms with Crippen LogP contribution < -0.4 is 10.6 Å². The molecule has 0 fully saturated rings. The van der Waals surface area contributed by atoms with E-state index in [0.717, 1.165) is 12.8 Å². The average Bonchev–Trinajstić information content (AvgIpc) is 2.52. The highest BCUT2D eigenvalue weighted by Crippen LogP contribution is 2.27. The zero-order chi connectivity index (χ0) is 15.5. The second kappa shape index (κ2) is 12.4. The Hall–Kier alpha value is -1.10. The van der Waals surface area contributed by atoms with Crippen molar-refractivity contribution in [3.63, 3.8) is 0 Å². The van der Waals surface area contributed by atoms with Crippen molar-refractivity contribution in [1.29, 1.82) is 0 Å². The van der Waals surface area contributed by atoms with Gasteiger partial charge in [0.15, 0.2) is 0 Å². The van der Waals surface area contributed by atoms with Gasteiger partial charge in [-0.05, 0) is 11.5 Å². The summed E-state index contributed by atoms with van der Waals surface area (Å²) in [7, 11) is 1.65. The molecule has 0 saturated carbocycles. The van der Waals surface area contributed by atoms with E-state index in [0.29, 0.717) is 25.6 Å². The van der Waals surface area contributed by atoms with Gasteiger partial charge in [-0.1, -0.05) is 57.0 Å². The van der Waals surface area contributed by atoms with Gasteiger partial charge in [-0.2, -0.15) is 0 Å². The van der Waals surface area contributed by atoms with Crippen molar-refractivity contribution in [1.82, 2.24) is 10.6 Å². The van der Waals surface area contributed by atoms with E-state index in [1.807, 2.05) is 18.2 Å². The van der Waals surface area contributed by atoms with Gasteiger partial charge in [0, 0.05) is 13.7 Å². The highest BCUT2D eigenvalue weighted by molar-refractivity contribution is 5.85. The third kappa shape index (κ3) is 7.25. The SMILES string of the molecule is CCC(CC)C(NC(=O)CNCCOC)c1ccccc1.Cl. The molecule has 0 spiro atoms. The lowest BCUT2D eigenvalue weighted by molar-refractivity contribution is -0.121. The number of rotatable bonds is 10. The van der Waals surface area contributed by atoms with Crippen molar-refractivity contribution in [2.75, 3.05) is 26.8 Å². The molecule has 4 nitrogen and oxygen atoms in total. The van der Waals surface area contributed by atoms with Crippen molar-refractivity contribution in [3.8, 4) is 0 Å². The summed E-state index contributed by atoms with van der Waals surface area (Å²) < 4.78 is 4.95. The molecule has 0 aromatic heterocycles. The normalized spacial score (nSPS) is 11.8. The summed E-state index contributed by atoms with van der Waals surface area (Å²) in [5.41, 5.74) is 1.18. The van der Waals surface area contributed by atoms with Crippen molar-refractivity contribution in [2.24, 2.45) is 5.92 Å². The Morgan fingerprint density at radius 2 is 1.82 bits per heavy atom. The fourth-order valence-corrected chi connectivity index (χ4v) is 2.49. The quantitative estimate of drug-likeness (QED) is 0.649. The molecule has 1 atom stereocenters. The van der Waals surface area contributed by atoms with Crippen molar-refractivity contribution < 1.29 is 9.53 Å². The molecular weight excluding hydrogens is 300 g/mol. The molecule has 0 heterocycles. The van der Waals surface area contributed by atoms with E-state index in [9.17, 15) is 4.79 Å². The monoisotopic (exact) mass is 328 g/mol. The first-order chi connectivity index (χ1) is 10.2. The molecule has 5 heteroatoms. The molecule has 1 aromatic rings. The van der Waals surface area contributed by atoms with Crippen molar-refractivity contribution in [2.45, 2.75) is 32.7 Å². The van der Waals surface area contributed by atoms with Crippen LogP contribution in [0.15, 0.2) is 30.3 Å². The zero-order valence-electron chi connectivity index (χ0n) is 13.8. The van der Waals surface area contributed by atoms with Crippen LogP contribution in [0.2, 0.25) is 0 Å². The molecule has 22 heavy (non-hydrogen) atoms. The molecule has 0 saturated heterocycles. The maximum Gasteiger partial charge on any atom is 0.234 e. The van der Waals surface area contributed by atoms with Crippen LogP contribution in [-0.4, -0.2) is 32.7 Å². The van der Waals surface area contributed by atoms with Gasteiger partial charge in [-0.25, -0.2) is 0 Å². The minimum Gasteiger partial charge on any atom is -0.383 e. The summed E-state index contributed by atoms with van der Waals surface area (Å²) in [5.74, 6) is 0.488. The molecule has 126 valence electrons. The fraction of sp³-hybridized carbons (Fsp3) is 0.588. The molecule has 1 rings (SSSR count). The zero-order valence-corrected chi connectivity index (χ0v) is 14.6. The molecule has 0 radical (unpaired) electrons. The van der Waals surface area contributed by atoms with Crippen LogP contribution in [0.5, 0.6) is 0 Å². The van der Waals surface area contributed by atoms with Gasteiger partial charge in [-0.3, -0.25) is 4.79 Å². The van der Waals surface area contributed by atoms with E-state index in [1.54, 1.807) is 7.11 Å². The van der Waals surface area contributed by atoms with Crippen LogP contribution in [0.4, 0.5) is 0 Å². The van der Waals surface area contributed by atoms with Crippen LogP contribution in [0.3, 0.4) is 0 Å². The number of hydrogen-bond donors (Lipinski definition) is 2. The molecule has 0 aliphatic rings. The van der Waals surface area contributed by atoms with Gasteiger partial charge >= 0.3 is 0 Å². The maximum absolute atomic E-state index is 12.1. The maximum atomic E-state index is 12.1. The summed E-state index contributed by atoms with van der Waals surface area (Å²) in [4.78, 5) is 12.1. The molecule has 0 aliphatic carbocycles. The predicted octanol–water partition coefficient (Wildman–Crippen LogP) is 2.94. The number of benzene rings is 1. The Morgan fingerprint density at radius 1 is 1.18 bits per heavy atom. The number of hydrogen-bond acceptors (Lipinski definition) is 3. The molecule has 1 amide bonds. The average molecular weight is 329 g/mol. The standard InChI is InChI=1S/C17H28N2O2.ClH/c1-4-14(5-2)17(15-9-7-6-8-10-15)19-16(20)13-18-11-12-21-3;/h6-10,14,17-18H,4-5,11-13H2,1-3H3,(H,19,20);1H. The predicted molar refractivity (Wildman–Crippen MR) is 93.4 cm³/mol. The number of methoxy groups -OCH3 is 1. The number of halogens is 1. The van der Waals surface area contributed by atoms with Gasteiger partial charge in [-0.15, -0.1) is 12.4 Å². The first-order valence-electron chi connectivity index (χ1n) is 7.76. The Morgan fingerprint density at radius 3 is 2.36 bits per heavy atom. The largest absolute Gasteiger partial charge is 0.383 e. The number of ether oxygens (including phenoxy) is 1. The Labute approximate surface area is 140 Å². The Bertz CT molecular complexity index is 397. The lowest BCUT2D eigenvalue weighted by Crippen LogP contribution is -2.39. The van der Waals surface area contributed by atoms with E-state index in [4.69, 9.17) is 4.74 Å². The van der Waals surface area contributed by atoms with Crippen molar-refractivity contribution in [3.05, 3.63) is 35.9 Å². The molecule has 0 aliphatic heterocycles. The second-order valence-electron chi connectivity index (χ2n) is 5.20. The van der Waals surface area contributed by atoms with E-state index in [1.165, 1.54) is 5.56 Å². The van der Waals surface area contributed by atoms with Crippen LogP contribution in [0.1, 0.15) is 38.3 Å². The van der Waals surface area contributed by atoms with Crippen LogP contribution in [0, 0.1) is 5.92 Å². The summed E-state index contributed by atoms with van der Waals surface area (Å²) in [6.07, 6.45) is 2.10. The number of carbonyl (C=O) groups excluding carboxylic acids is 1. The number of amides is 1. The first-order valence-corrected chi connectivity index (χ1v) is 7.76. The summed E-state index contributed by atoms with van der Waals surface area (Å²) in [6.45, 7) is 5.97. The van der Waals surface area contributed by atoms with Crippen LogP contribution in [0.25, 0.3) is 0 Å². The number of carbonyl (C=O) groups is 1. The number of nitrogens with one attached hydrogen (secondary N) is 2. The van der Waals surface area contributed by atoms with Gasteiger partial charge in [0.2, 0.25) is 5.91 Å². The topological polar surface area (TPSA) is 50.4 Å². The lowest BCUT2D eigenvalue weighted by atomic mass is 9.89. The summed E-state index contributed by atoms with van der Waals surface area (Å²) in [5, 5.41) is 6.25. The highest BCUT2D eigenvalue weighted by Gasteiger charge is 2.21. The lowest BCUT2D eigenvalue weighted by Gasteiger charge is -2.27. The van der Waals surface area contributed by atoms with E-state index >= 15 is 0 Å². The third-order valence-corrected chi connectivity index (χ3v) is 3.76. The van der Waals surface area contributed by atoms with Gasteiger partial charge in [0.25, 0.3) is 0 Å². The molecular formula is C17H29ClN2O2. The highest BCUT2D eigenvalue weighted by atomic mass is 35.5. The van der Waals surface area contributed by atoms with Gasteiger partial charge < -0.3 is 15.4 Å². The van der Waals surface area contributed by atoms with Gasteiger partial charge in [0.1, 0.15) is 0 Å². The summed E-state index contributed by atoms with van der Waals surface area (Å²) >= 11 is 0. The van der Waals surface area contributed by atoms with E-state index < -0.39 is 0 Å². The first kappa shape index (κ1) is 20.9. The summed E-state index contributed by atoms with van der Waals surface area (Å²) in [6, 6.07) is 10.3. The molecule has 0 bridgehead atoms. The smallest absolute Gasteiger partial charge is 0.234 e. The van der Waals surface area contributed by atoms with Gasteiger partial charge in [0.05, 0.1) is 19.2 Å². The molecule has 1 unspecified atom stereocenters. The minimum absolute atomic E-state index is 0. The van der Waals surface area contributed by atoms with E-state index in [-0.39, 0.29) is 24.4 Å². The molecule has 1 aromatic carbocycles. The third-order valence-electron chi connectivity index (χ3n) is 3.76. The molecule has 2 N–H and O–H groups in total. The van der Waals surface area contributed by atoms with Crippen molar-refractivity contribution >= 4 is 18.3 Å². The minimum atomic E-state index is 0. The van der Waals surface area contributed by atoms with Crippen LogP contribution >= 0.6 is 12.4 Å². The Balaban J connectivity index is 0.00000441. The second-order valence-corrected chi connectivity index (χ2v) is 5.20.